The van der Waals surface area contributed by atoms with Gasteiger partial charge in [-0.15, -0.1) is 0 Å². The number of hydrogen-bond acceptors (Lipinski definition) is 2. The molecule has 0 atom stereocenters. The molecule has 0 aliphatic rings. The number of carbonyl (C=O) groups excluding carboxylic acids is 2. The van der Waals surface area contributed by atoms with Crippen LogP contribution in [-0.4, -0.2) is 18.4 Å². The number of para-hydroxylation sites is 1. The van der Waals surface area contributed by atoms with Crippen LogP contribution < -0.4 is 10.6 Å². The maximum absolute atomic E-state index is 12.3. The van der Waals surface area contributed by atoms with E-state index < -0.39 is 0 Å². The molecule has 3 aromatic carbocycles. The maximum Gasteiger partial charge on any atom is 0.253 e. The van der Waals surface area contributed by atoms with Crippen LogP contribution in [0.1, 0.15) is 22.8 Å². The Bertz CT molecular complexity index is 971. The Kier molecular flexibility index (Phi) is 5.44. The van der Waals surface area contributed by atoms with E-state index in [-0.39, 0.29) is 11.8 Å². The van der Waals surface area contributed by atoms with Crippen LogP contribution in [-0.2, 0) is 4.79 Å². The average molecular weight is 344 g/mol. The van der Waals surface area contributed by atoms with Crippen LogP contribution >= 0.6 is 0 Å². The summed E-state index contributed by atoms with van der Waals surface area (Å²) in [5.41, 5.74) is 1.91. The lowest BCUT2D eigenvalue weighted by molar-refractivity contribution is -0.111. The predicted molar refractivity (Wildman–Crippen MR) is 106 cm³/mol. The number of hydrogen-bond donors (Lipinski definition) is 2. The lowest BCUT2D eigenvalue weighted by Gasteiger charge is -2.09. The topological polar surface area (TPSA) is 58.2 Å². The number of rotatable bonds is 5. The predicted octanol–water partition coefficient (Wildman–Crippen LogP) is 4.24. The van der Waals surface area contributed by atoms with Crippen molar-refractivity contribution in [1.82, 2.24) is 5.32 Å². The SMILES string of the molecule is CCNC(=O)c1ccccc1NC(=O)/C=C/c1cccc2ccccc12. The van der Waals surface area contributed by atoms with Crippen molar-refractivity contribution in [3.8, 4) is 0 Å². The zero-order valence-electron chi connectivity index (χ0n) is 14.5. The number of amides is 2. The van der Waals surface area contributed by atoms with E-state index in [1.54, 1.807) is 30.3 Å². The summed E-state index contributed by atoms with van der Waals surface area (Å²) in [5, 5.41) is 7.73. The summed E-state index contributed by atoms with van der Waals surface area (Å²) < 4.78 is 0. The van der Waals surface area contributed by atoms with Crippen molar-refractivity contribution < 1.29 is 9.59 Å². The molecule has 0 saturated heterocycles. The highest BCUT2D eigenvalue weighted by atomic mass is 16.2. The number of carbonyl (C=O) groups is 2. The smallest absolute Gasteiger partial charge is 0.253 e. The summed E-state index contributed by atoms with van der Waals surface area (Å²) in [4.78, 5) is 24.4. The molecule has 0 aliphatic heterocycles. The quantitative estimate of drug-likeness (QED) is 0.680. The number of fused-ring (bicyclic) bond motifs is 1. The zero-order chi connectivity index (χ0) is 18.4. The van der Waals surface area contributed by atoms with Crippen LogP contribution in [0.5, 0.6) is 0 Å². The van der Waals surface area contributed by atoms with Gasteiger partial charge in [0.1, 0.15) is 0 Å². The molecule has 2 N–H and O–H groups in total. The van der Waals surface area contributed by atoms with Gasteiger partial charge in [-0.25, -0.2) is 0 Å². The first-order chi connectivity index (χ1) is 12.7. The molecular weight excluding hydrogens is 324 g/mol. The highest BCUT2D eigenvalue weighted by molar-refractivity contribution is 6.08. The third kappa shape index (κ3) is 3.98. The number of nitrogens with one attached hydrogen (secondary N) is 2. The highest BCUT2D eigenvalue weighted by Gasteiger charge is 2.11. The van der Waals surface area contributed by atoms with Gasteiger partial charge in [-0.3, -0.25) is 9.59 Å². The molecule has 0 fully saturated rings. The van der Waals surface area contributed by atoms with Crippen LogP contribution in [0.25, 0.3) is 16.8 Å². The Morgan fingerprint density at radius 3 is 2.50 bits per heavy atom. The first-order valence-corrected chi connectivity index (χ1v) is 8.53. The van der Waals surface area contributed by atoms with Crippen molar-refractivity contribution >= 4 is 34.4 Å². The van der Waals surface area contributed by atoms with Gasteiger partial charge in [0.15, 0.2) is 0 Å². The lowest BCUT2D eigenvalue weighted by atomic mass is 10.0. The second-order valence-electron chi connectivity index (χ2n) is 5.80. The Hall–Kier alpha value is -3.40. The van der Waals surface area contributed by atoms with Crippen molar-refractivity contribution in [2.24, 2.45) is 0 Å². The Labute approximate surface area is 152 Å². The van der Waals surface area contributed by atoms with Crippen LogP contribution in [0.15, 0.2) is 72.8 Å². The number of anilines is 1. The minimum absolute atomic E-state index is 0.207. The van der Waals surface area contributed by atoms with E-state index in [0.717, 1.165) is 16.3 Å². The summed E-state index contributed by atoms with van der Waals surface area (Å²) in [5.74, 6) is -0.490. The molecule has 26 heavy (non-hydrogen) atoms. The normalized spacial score (nSPS) is 10.8. The van der Waals surface area contributed by atoms with Gasteiger partial charge >= 0.3 is 0 Å². The fourth-order valence-corrected chi connectivity index (χ4v) is 2.78. The molecule has 0 heterocycles. The Morgan fingerprint density at radius 2 is 1.65 bits per heavy atom. The Balaban J connectivity index is 1.79. The van der Waals surface area contributed by atoms with Gasteiger partial charge in [0.2, 0.25) is 5.91 Å². The second kappa shape index (κ2) is 8.12. The molecule has 0 bridgehead atoms. The van der Waals surface area contributed by atoms with Crippen molar-refractivity contribution in [3.05, 3.63) is 83.9 Å². The molecular formula is C22H20N2O2. The van der Waals surface area contributed by atoms with E-state index in [1.165, 1.54) is 6.08 Å². The van der Waals surface area contributed by atoms with Crippen LogP contribution in [0.4, 0.5) is 5.69 Å². The van der Waals surface area contributed by atoms with Crippen LogP contribution in [0.2, 0.25) is 0 Å². The van der Waals surface area contributed by atoms with E-state index in [4.69, 9.17) is 0 Å². The van der Waals surface area contributed by atoms with Crippen LogP contribution in [0, 0.1) is 0 Å². The zero-order valence-corrected chi connectivity index (χ0v) is 14.5. The van der Waals surface area contributed by atoms with E-state index in [1.807, 2.05) is 49.4 Å². The summed E-state index contributed by atoms with van der Waals surface area (Å²) in [6, 6.07) is 21.0. The minimum Gasteiger partial charge on any atom is -0.352 e. The number of benzene rings is 3. The van der Waals surface area contributed by atoms with Gasteiger partial charge in [-0.05, 0) is 41.5 Å². The van der Waals surface area contributed by atoms with Crippen molar-refractivity contribution in [2.45, 2.75) is 6.92 Å². The monoisotopic (exact) mass is 344 g/mol. The van der Waals surface area contributed by atoms with Crippen molar-refractivity contribution in [1.29, 1.82) is 0 Å². The summed E-state index contributed by atoms with van der Waals surface area (Å²) in [7, 11) is 0. The van der Waals surface area contributed by atoms with Gasteiger partial charge in [0, 0.05) is 12.6 Å². The van der Waals surface area contributed by atoms with E-state index in [2.05, 4.69) is 10.6 Å². The van der Waals surface area contributed by atoms with Crippen molar-refractivity contribution in [3.63, 3.8) is 0 Å². The molecule has 0 radical (unpaired) electrons. The third-order valence-electron chi connectivity index (χ3n) is 4.00. The second-order valence-corrected chi connectivity index (χ2v) is 5.80. The van der Waals surface area contributed by atoms with Gasteiger partial charge in [-0.2, -0.15) is 0 Å². The van der Waals surface area contributed by atoms with E-state index in [0.29, 0.717) is 17.8 Å². The lowest BCUT2D eigenvalue weighted by Crippen LogP contribution is -2.24. The summed E-state index contributed by atoms with van der Waals surface area (Å²) in [6.45, 7) is 2.38. The molecule has 0 unspecified atom stereocenters. The van der Waals surface area contributed by atoms with E-state index >= 15 is 0 Å². The third-order valence-corrected chi connectivity index (χ3v) is 4.00. The first kappa shape index (κ1) is 17.4. The molecule has 4 heteroatoms. The first-order valence-electron chi connectivity index (χ1n) is 8.53. The fourth-order valence-electron chi connectivity index (χ4n) is 2.78. The minimum atomic E-state index is -0.283. The summed E-state index contributed by atoms with van der Waals surface area (Å²) in [6.07, 6.45) is 3.27. The summed E-state index contributed by atoms with van der Waals surface area (Å²) >= 11 is 0. The molecule has 0 aromatic heterocycles. The van der Waals surface area contributed by atoms with Gasteiger partial charge < -0.3 is 10.6 Å². The highest BCUT2D eigenvalue weighted by Crippen LogP contribution is 2.20. The van der Waals surface area contributed by atoms with Crippen LogP contribution in [0.3, 0.4) is 0 Å². The molecule has 0 saturated carbocycles. The molecule has 3 aromatic rings. The van der Waals surface area contributed by atoms with Crippen molar-refractivity contribution in [2.75, 3.05) is 11.9 Å². The molecule has 3 rings (SSSR count). The van der Waals surface area contributed by atoms with Gasteiger partial charge in [0.05, 0.1) is 11.3 Å². The molecule has 4 nitrogen and oxygen atoms in total. The molecule has 2 amide bonds. The average Bonchev–Trinajstić information content (AvgIpc) is 2.67. The van der Waals surface area contributed by atoms with E-state index in [9.17, 15) is 9.59 Å². The maximum atomic E-state index is 12.3. The molecule has 130 valence electrons. The molecule has 0 spiro atoms. The van der Waals surface area contributed by atoms with Gasteiger partial charge in [-0.1, -0.05) is 54.6 Å². The Morgan fingerprint density at radius 1 is 0.923 bits per heavy atom. The fraction of sp³-hybridized carbons (Fsp3) is 0.0909. The largest absolute Gasteiger partial charge is 0.352 e. The standard InChI is InChI=1S/C22H20N2O2/c1-2-23-22(26)19-12-5-6-13-20(19)24-21(25)15-14-17-10-7-9-16-8-3-4-11-18(16)17/h3-15H,2H2,1H3,(H,23,26)(H,24,25)/b15-14+. The molecule has 0 aliphatic carbocycles. The van der Waals surface area contributed by atoms with Gasteiger partial charge in [0.25, 0.3) is 5.91 Å².